The summed E-state index contributed by atoms with van der Waals surface area (Å²) in [6.07, 6.45) is -3.17. The maximum absolute atomic E-state index is 14.5. The van der Waals surface area contributed by atoms with Crippen LogP contribution < -0.4 is 11.2 Å². The maximum Gasteiger partial charge on any atom is 0.431 e. The van der Waals surface area contributed by atoms with Gasteiger partial charge in [-0.05, 0) is 18.6 Å². The summed E-state index contributed by atoms with van der Waals surface area (Å²) in [6, 6.07) is 3.74. The molecule has 0 N–H and O–H groups in total. The fraction of sp³-hybridized carbons (Fsp3) is 0.400. The SMILES string of the molecule is CC.CCCC(C=O)Sc1cc(-n2c(=O)cc(C(F)(F)F)n(C)c2=O)c(F)cc1C#N. The number of nitriles is 1. The number of rotatable bonds is 6. The molecule has 0 bridgehead atoms. The first kappa shape index (κ1) is 26.2. The van der Waals surface area contributed by atoms with Crippen LogP contribution >= 0.6 is 11.8 Å². The fourth-order valence-electron chi connectivity index (χ4n) is 2.62. The average Bonchev–Trinajstić information content (AvgIpc) is 2.72. The summed E-state index contributed by atoms with van der Waals surface area (Å²) in [7, 11) is 0.808. The number of hydrogen-bond donors (Lipinski definition) is 0. The van der Waals surface area contributed by atoms with E-state index in [-0.39, 0.29) is 25.7 Å². The van der Waals surface area contributed by atoms with Crippen LogP contribution in [0.1, 0.15) is 44.9 Å². The molecule has 0 radical (unpaired) electrons. The van der Waals surface area contributed by atoms with Gasteiger partial charge in [0.15, 0.2) is 0 Å². The molecule has 0 amide bonds. The summed E-state index contributed by atoms with van der Waals surface area (Å²) in [5, 5.41) is 8.66. The molecule has 31 heavy (non-hydrogen) atoms. The Balaban J connectivity index is 0.00000233. The zero-order valence-corrected chi connectivity index (χ0v) is 18.1. The van der Waals surface area contributed by atoms with Gasteiger partial charge in [-0.2, -0.15) is 18.4 Å². The summed E-state index contributed by atoms with van der Waals surface area (Å²) < 4.78 is 53.9. The Morgan fingerprint density at radius 3 is 2.32 bits per heavy atom. The molecule has 1 unspecified atom stereocenters. The zero-order valence-electron chi connectivity index (χ0n) is 17.3. The van der Waals surface area contributed by atoms with Gasteiger partial charge in [-0.25, -0.2) is 13.8 Å². The minimum atomic E-state index is -4.95. The molecule has 0 aliphatic heterocycles. The Bertz CT molecular complexity index is 1100. The molecule has 1 heterocycles. The van der Waals surface area contributed by atoms with E-state index in [9.17, 15) is 37.2 Å². The van der Waals surface area contributed by atoms with Crippen LogP contribution in [0.4, 0.5) is 17.6 Å². The lowest BCUT2D eigenvalue weighted by molar-refractivity contribution is -0.144. The molecule has 11 heteroatoms. The maximum atomic E-state index is 14.5. The average molecular weight is 459 g/mol. The largest absolute Gasteiger partial charge is 0.431 e. The number of aromatic nitrogens is 2. The molecule has 1 aromatic heterocycles. The molecular formula is C20H21F4N3O3S. The topological polar surface area (TPSA) is 84.9 Å². The second kappa shape index (κ2) is 10.9. The molecule has 0 aliphatic rings. The van der Waals surface area contributed by atoms with Crippen LogP contribution in [0.25, 0.3) is 5.69 Å². The number of carbonyl (C=O) groups excluding carboxylic acids is 1. The number of thioether (sulfide) groups is 1. The molecule has 168 valence electrons. The third-order valence-corrected chi connectivity index (χ3v) is 5.27. The number of carbonyl (C=O) groups is 1. The van der Waals surface area contributed by atoms with Crippen LogP contribution in [0.15, 0.2) is 32.7 Å². The van der Waals surface area contributed by atoms with Crippen molar-refractivity contribution in [3.63, 3.8) is 0 Å². The Kier molecular flexibility index (Phi) is 9.24. The lowest BCUT2D eigenvalue weighted by Gasteiger charge is -2.16. The summed E-state index contributed by atoms with van der Waals surface area (Å²) >= 11 is 0.944. The Labute approximate surface area is 180 Å². The molecule has 0 aliphatic carbocycles. The lowest BCUT2D eigenvalue weighted by Crippen LogP contribution is -2.41. The highest BCUT2D eigenvalue weighted by atomic mass is 32.2. The number of benzene rings is 1. The molecular weight excluding hydrogens is 438 g/mol. The van der Waals surface area contributed by atoms with E-state index in [0.717, 1.165) is 30.9 Å². The molecule has 1 atom stereocenters. The molecule has 2 rings (SSSR count). The number of alkyl halides is 3. The second-order valence-corrected chi connectivity index (χ2v) is 7.32. The minimum Gasteiger partial charge on any atom is -0.302 e. The van der Waals surface area contributed by atoms with Crippen LogP contribution in [-0.4, -0.2) is 20.7 Å². The lowest BCUT2D eigenvalue weighted by atomic mass is 10.2. The van der Waals surface area contributed by atoms with Gasteiger partial charge in [-0.3, -0.25) is 9.36 Å². The van der Waals surface area contributed by atoms with Crippen LogP contribution in [0.3, 0.4) is 0 Å². The normalized spacial score (nSPS) is 11.8. The third kappa shape index (κ3) is 5.85. The van der Waals surface area contributed by atoms with Crippen LogP contribution in [0.2, 0.25) is 0 Å². The van der Waals surface area contributed by atoms with Crippen LogP contribution in [0, 0.1) is 17.1 Å². The second-order valence-electron chi connectivity index (χ2n) is 6.04. The van der Waals surface area contributed by atoms with E-state index < -0.39 is 39.9 Å². The summed E-state index contributed by atoms with van der Waals surface area (Å²) in [5.41, 5.74) is -4.98. The van der Waals surface area contributed by atoms with E-state index in [1.165, 1.54) is 0 Å². The highest BCUT2D eigenvalue weighted by Crippen LogP contribution is 2.31. The Morgan fingerprint density at radius 2 is 1.84 bits per heavy atom. The van der Waals surface area contributed by atoms with Crippen LogP contribution in [-0.2, 0) is 18.0 Å². The van der Waals surface area contributed by atoms with Gasteiger partial charge in [-0.15, -0.1) is 11.8 Å². The fourth-order valence-corrected chi connectivity index (χ4v) is 3.77. The van der Waals surface area contributed by atoms with Gasteiger partial charge in [0.25, 0.3) is 5.56 Å². The van der Waals surface area contributed by atoms with Crippen molar-refractivity contribution in [2.45, 2.75) is 49.9 Å². The number of hydrogen-bond acceptors (Lipinski definition) is 5. The van der Waals surface area contributed by atoms with Gasteiger partial charge < -0.3 is 4.79 Å². The van der Waals surface area contributed by atoms with Gasteiger partial charge in [-0.1, -0.05) is 27.2 Å². The van der Waals surface area contributed by atoms with Gasteiger partial charge in [0.05, 0.1) is 16.5 Å². The van der Waals surface area contributed by atoms with E-state index in [1.807, 2.05) is 20.8 Å². The Hall–Kier alpha value is -2.87. The van der Waals surface area contributed by atoms with Crippen molar-refractivity contribution in [3.05, 3.63) is 56.1 Å². The summed E-state index contributed by atoms with van der Waals surface area (Å²) in [6.45, 7) is 5.84. The summed E-state index contributed by atoms with van der Waals surface area (Å²) in [4.78, 5) is 35.9. The van der Waals surface area contributed by atoms with Gasteiger partial charge in [0.1, 0.15) is 23.9 Å². The monoisotopic (exact) mass is 459 g/mol. The van der Waals surface area contributed by atoms with Crippen molar-refractivity contribution in [1.29, 1.82) is 5.26 Å². The predicted molar refractivity (Wildman–Crippen MR) is 109 cm³/mol. The van der Waals surface area contributed by atoms with Crippen molar-refractivity contribution in [3.8, 4) is 11.8 Å². The highest BCUT2D eigenvalue weighted by Gasteiger charge is 2.35. The molecule has 0 saturated heterocycles. The van der Waals surface area contributed by atoms with E-state index in [0.29, 0.717) is 19.1 Å². The summed E-state index contributed by atoms with van der Waals surface area (Å²) in [5.74, 6) is -1.14. The van der Waals surface area contributed by atoms with Crippen molar-refractivity contribution in [2.75, 3.05) is 0 Å². The third-order valence-electron chi connectivity index (χ3n) is 4.02. The first-order chi connectivity index (χ1) is 14.5. The number of nitrogens with zero attached hydrogens (tertiary/aromatic N) is 3. The first-order valence-electron chi connectivity index (χ1n) is 9.31. The molecule has 1 aromatic carbocycles. The van der Waals surface area contributed by atoms with E-state index in [2.05, 4.69) is 0 Å². The van der Waals surface area contributed by atoms with Crippen LogP contribution in [0.5, 0.6) is 0 Å². The molecule has 6 nitrogen and oxygen atoms in total. The molecule has 0 saturated carbocycles. The minimum absolute atomic E-state index is 0.128. The molecule has 0 fully saturated rings. The predicted octanol–water partition coefficient (Wildman–Crippen LogP) is 4.05. The first-order valence-corrected chi connectivity index (χ1v) is 10.2. The van der Waals surface area contributed by atoms with E-state index in [1.54, 1.807) is 6.07 Å². The van der Waals surface area contributed by atoms with Gasteiger partial charge in [0.2, 0.25) is 0 Å². The standard InChI is InChI=1S/C18H15F4N3O3S.C2H6/c1-3-4-11(9-26)29-14-6-13(12(19)5-10(14)8-23)25-16(27)7-15(18(20,21)22)24(2)17(25)28;1-2/h5-7,9,11H,3-4H2,1-2H3;1-2H3. The van der Waals surface area contributed by atoms with E-state index >= 15 is 0 Å². The van der Waals surface area contributed by atoms with Crippen molar-refractivity contribution >= 4 is 18.0 Å². The molecule has 0 spiro atoms. The highest BCUT2D eigenvalue weighted by molar-refractivity contribution is 8.00. The van der Waals surface area contributed by atoms with Crippen molar-refractivity contribution in [2.24, 2.45) is 7.05 Å². The van der Waals surface area contributed by atoms with Gasteiger partial charge >= 0.3 is 11.9 Å². The Morgan fingerprint density at radius 1 is 1.23 bits per heavy atom. The number of aldehydes is 1. The van der Waals surface area contributed by atoms with Gasteiger partial charge in [0, 0.05) is 18.0 Å². The van der Waals surface area contributed by atoms with E-state index in [4.69, 9.17) is 0 Å². The quantitative estimate of drug-likeness (QED) is 0.370. The smallest absolute Gasteiger partial charge is 0.302 e. The zero-order chi connectivity index (χ0) is 23.9. The van der Waals surface area contributed by atoms with Crippen molar-refractivity contribution < 1.29 is 22.4 Å². The van der Waals surface area contributed by atoms with Crippen molar-refractivity contribution in [1.82, 2.24) is 9.13 Å². The number of halogens is 4. The molecule has 2 aromatic rings.